The summed E-state index contributed by atoms with van der Waals surface area (Å²) in [5.74, 6) is -0.0491. The van der Waals surface area contributed by atoms with E-state index < -0.39 is 0 Å². The van der Waals surface area contributed by atoms with Gasteiger partial charge in [0.1, 0.15) is 0 Å². The van der Waals surface area contributed by atoms with Crippen LogP contribution in [0.15, 0.2) is 0 Å². The summed E-state index contributed by atoms with van der Waals surface area (Å²) in [5, 5.41) is 17.3. The molecule has 0 aromatic heterocycles. The van der Waals surface area contributed by atoms with Crippen LogP contribution in [0.3, 0.4) is 0 Å². The predicted molar refractivity (Wildman–Crippen MR) is 66.0 cm³/mol. The first-order valence-electron chi connectivity index (χ1n) is 6.75. The van der Waals surface area contributed by atoms with Crippen molar-refractivity contribution < 1.29 is 4.74 Å². The van der Waals surface area contributed by atoms with Crippen LogP contribution in [0, 0.1) is 28.6 Å². The lowest BCUT2D eigenvalue weighted by atomic mass is 9.99. The van der Waals surface area contributed by atoms with Gasteiger partial charge in [-0.3, -0.25) is 0 Å². The molecule has 1 aliphatic heterocycles. The molecule has 3 nitrogen and oxygen atoms in total. The summed E-state index contributed by atoms with van der Waals surface area (Å²) in [7, 11) is 0. The molecule has 1 aliphatic rings. The number of nitrogens with zero attached hydrogens (tertiary/aromatic N) is 2. The van der Waals surface area contributed by atoms with Gasteiger partial charge < -0.3 is 4.74 Å². The Kier molecular flexibility index (Phi) is 7.43. The number of epoxide rings is 1. The fraction of sp³-hybridized carbons (Fsp3) is 0.857. The molecule has 1 rings (SSSR count). The third-order valence-corrected chi connectivity index (χ3v) is 3.25. The molecule has 94 valence electrons. The second kappa shape index (κ2) is 9.02. The van der Waals surface area contributed by atoms with Gasteiger partial charge in [0.25, 0.3) is 0 Å². The molecule has 0 bridgehead atoms. The Bertz CT molecular complexity index is 273. The number of unbranched alkanes of at least 4 members (excludes halogenated alkanes) is 5. The number of rotatable bonds is 10. The average molecular weight is 234 g/mol. The van der Waals surface area contributed by atoms with Gasteiger partial charge in [0, 0.05) is 0 Å². The highest BCUT2D eigenvalue weighted by molar-refractivity contribution is 4.89. The average Bonchev–Trinajstić information content (AvgIpc) is 3.15. The van der Waals surface area contributed by atoms with Crippen LogP contribution in [0.25, 0.3) is 0 Å². The second-order valence-corrected chi connectivity index (χ2v) is 4.84. The Morgan fingerprint density at radius 3 is 2.29 bits per heavy atom. The van der Waals surface area contributed by atoms with Crippen molar-refractivity contribution >= 4 is 0 Å². The van der Waals surface area contributed by atoms with Crippen LogP contribution in [-0.4, -0.2) is 12.7 Å². The van der Waals surface area contributed by atoms with Crippen LogP contribution >= 0.6 is 0 Å². The predicted octanol–water partition coefficient (Wildman–Crippen LogP) is 3.56. The van der Waals surface area contributed by atoms with Gasteiger partial charge in [0.15, 0.2) is 0 Å². The molecule has 1 saturated heterocycles. The van der Waals surface area contributed by atoms with Crippen LogP contribution in [0.2, 0.25) is 0 Å². The summed E-state index contributed by atoms with van der Waals surface area (Å²) < 4.78 is 5.16. The number of nitriles is 2. The van der Waals surface area contributed by atoms with Crippen LogP contribution in [0.1, 0.15) is 57.8 Å². The summed E-state index contributed by atoms with van der Waals surface area (Å²) in [6.07, 6.45) is 10.5. The minimum absolute atomic E-state index is 0.0491. The van der Waals surface area contributed by atoms with Crippen LogP contribution in [0.5, 0.6) is 0 Å². The molecule has 17 heavy (non-hydrogen) atoms. The Morgan fingerprint density at radius 2 is 1.71 bits per heavy atom. The Hall–Kier alpha value is -1.06. The van der Waals surface area contributed by atoms with Crippen molar-refractivity contribution in [2.75, 3.05) is 6.61 Å². The zero-order valence-electron chi connectivity index (χ0n) is 10.5. The van der Waals surface area contributed by atoms with Gasteiger partial charge in [-0.05, 0) is 12.8 Å². The summed E-state index contributed by atoms with van der Waals surface area (Å²) >= 11 is 0. The summed E-state index contributed by atoms with van der Waals surface area (Å²) in [6.45, 7) is 0.981. The van der Waals surface area contributed by atoms with Crippen LogP contribution in [0.4, 0.5) is 0 Å². The fourth-order valence-corrected chi connectivity index (χ4v) is 2.03. The molecule has 0 aliphatic carbocycles. The van der Waals surface area contributed by atoms with E-state index in [1.807, 2.05) is 0 Å². The van der Waals surface area contributed by atoms with Gasteiger partial charge in [-0.2, -0.15) is 10.5 Å². The molecule has 1 heterocycles. The van der Waals surface area contributed by atoms with E-state index in [0.717, 1.165) is 19.4 Å². The van der Waals surface area contributed by atoms with E-state index in [1.54, 1.807) is 0 Å². The van der Waals surface area contributed by atoms with Crippen molar-refractivity contribution in [3.63, 3.8) is 0 Å². The molecule has 0 spiro atoms. The number of ether oxygens (including phenoxy) is 1. The van der Waals surface area contributed by atoms with Crippen molar-refractivity contribution in [3.05, 3.63) is 0 Å². The van der Waals surface area contributed by atoms with Crippen LogP contribution in [-0.2, 0) is 4.74 Å². The lowest BCUT2D eigenvalue weighted by molar-refractivity contribution is 0.387. The van der Waals surface area contributed by atoms with Gasteiger partial charge in [0.05, 0.1) is 37.2 Å². The number of hydrogen-bond donors (Lipinski definition) is 0. The molecule has 1 fully saturated rings. The van der Waals surface area contributed by atoms with E-state index in [1.165, 1.54) is 38.5 Å². The molecule has 0 saturated carbocycles. The minimum atomic E-state index is -0.0491. The standard InChI is InChI=1S/C14H22N2O/c15-10-9-13(11-16)7-5-3-1-2-4-6-8-14-12-17-14/h13-14H,1-9,12H2. The van der Waals surface area contributed by atoms with Crippen molar-refractivity contribution in [2.24, 2.45) is 5.92 Å². The first-order chi connectivity index (χ1) is 8.36. The Balaban J connectivity index is 1.80. The van der Waals surface area contributed by atoms with E-state index >= 15 is 0 Å². The van der Waals surface area contributed by atoms with E-state index in [9.17, 15) is 0 Å². The smallest absolute Gasteiger partial charge is 0.0810 e. The summed E-state index contributed by atoms with van der Waals surface area (Å²) in [4.78, 5) is 0. The molecular formula is C14H22N2O. The Labute approximate surface area is 104 Å². The maximum atomic E-state index is 8.77. The SMILES string of the molecule is N#CCC(C#N)CCCCCCCCC1CO1. The molecule has 2 atom stereocenters. The lowest BCUT2D eigenvalue weighted by Crippen LogP contribution is -1.95. The molecule has 0 aromatic rings. The van der Waals surface area contributed by atoms with Crippen molar-refractivity contribution in [1.82, 2.24) is 0 Å². The largest absolute Gasteiger partial charge is 0.373 e. The second-order valence-electron chi connectivity index (χ2n) is 4.84. The molecule has 0 aromatic carbocycles. The monoisotopic (exact) mass is 234 g/mol. The highest BCUT2D eigenvalue weighted by atomic mass is 16.6. The first kappa shape index (κ1) is 14.0. The maximum absolute atomic E-state index is 8.77. The quantitative estimate of drug-likeness (QED) is 0.429. The molecule has 3 heteroatoms. The highest BCUT2D eigenvalue weighted by Gasteiger charge is 2.20. The van der Waals surface area contributed by atoms with Gasteiger partial charge in [-0.15, -0.1) is 0 Å². The number of hydrogen-bond acceptors (Lipinski definition) is 3. The van der Waals surface area contributed by atoms with E-state index in [4.69, 9.17) is 15.3 Å². The molecule has 2 unspecified atom stereocenters. The van der Waals surface area contributed by atoms with Crippen molar-refractivity contribution in [2.45, 2.75) is 63.9 Å². The minimum Gasteiger partial charge on any atom is -0.373 e. The van der Waals surface area contributed by atoms with Gasteiger partial charge >= 0.3 is 0 Å². The van der Waals surface area contributed by atoms with Gasteiger partial charge in [0.2, 0.25) is 0 Å². The Morgan fingerprint density at radius 1 is 1.06 bits per heavy atom. The normalized spacial score (nSPS) is 19.3. The molecule has 0 radical (unpaired) electrons. The fourth-order valence-electron chi connectivity index (χ4n) is 2.03. The van der Waals surface area contributed by atoms with Gasteiger partial charge in [-0.25, -0.2) is 0 Å². The zero-order chi connectivity index (χ0) is 12.3. The van der Waals surface area contributed by atoms with Crippen LogP contribution < -0.4 is 0 Å². The molecule has 0 N–H and O–H groups in total. The third kappa shape index (κ3) is 7.77. The summed E-state index contributed by atoms with van der Waals surface area (Å²) in [5.41, 5.74) is 0. The van der Waals surface area contributed by atoms with E-state index in [2.05, 4.69) is 12.1 Å². The van der Waals surface area contributed by atoms with Crippen molar-refractivity contribution in [1.29, 1.82) is 10.5 Å². The third-order valence-electron chi connectivity index (χ3n) is 3.25. The lowest BCUT2D eigenvalue weighted by Gasteiger charge is -2.04. The first-order valence-corrected chi connectivity index (χ1v) is 6.75. The highest BCUT2D eigenvalue weighted by Crippen LogP contribution is 2.18. The topological polar surface area (TPSA) is 60.1 Å². The molecular weight excluding hydrogens is 212 g/mol. The van der Waals surface area contributed by atoms with E-state index in [-0.39, 0.29) is 5.92 Å². The molecule has 0 amide bonds. The maximum Gasteiger partial charge on any atom is 0.0810 e. The van der Waals surface area contributed by atoms with Crippen molar-refractivity contribution in [3.8, 4) is 12.1 Å². The zero-order valence-corrected chi connectivity index (χ0v) is 10.5. The van der Waals surface area contributed by atoms with E-state index in [0.29, 0.717) is 12.5 Å². The summed E-state index contributed by atoms with van der Waals surface area (Å²) in [6, 6.07) is 4.27. The van der Waals surface area contributed by atoms with Gasteiger partial charge in [-0.1, -0.05) is 38.5 Å².